The maximum atomic E-state index is 12.4. The SMILES string of the molecule is C=C[C@@H]1C[C@]1(NC(=O)C1CC(O)CC1C=O)C(=O)OCC. The number of carbonyl (C=O) groups is 3. The van der Waals surface area contributed by atoms with Gasteiger partial charge in [0.2, 0.25) is 5.91 Å². The zero-order chi connectivity index (χ0) is 15.6. The molecule has 0 aliphatic heterocycles. The van der Waals surface area contributed by atoms with Crippen LogP contribution in [0.25, 0.3) is 0 Å². The van der Waals surface area contributed by atoms with E-state index >= 15 is 0 Å². The van der Waals surface area contributed by atoms with E-state index in [1.165, 1.54) is 0 Å². The molecule has 6 nitrogen and oxygen atoms in total. The summed E-state index contributed by atoms with van der Waals surface area (Å²) in [5.41, 5.74) is -1.05. The van der Waals surface area contributed by atoms with Gasteiger partial charge in [0.05, 0.1) is 12.7 Å². The van der Waals surface area contributed by atoms with Gasteiger partial charge in [-0.25, -0.2) is 4.79 Å². The first-order valence-corrected chi connectivity index (χ1v) is 7.23. The number of amides is 1. The van der Waals surface area contributed by atoms with E-state index < -0.39 is 29.4 Å². The van der Waals surface area contributed by atoms with Crippen LogP contribution in [0.1, 0.15) is 26.2 Å². The van der Waals surface area contributed by atoms with Gasteiger partial charge >= 0.3 is 5.97 Å². The Labute approximate surface area is 123 Å². The summed E-state index contributed by atoms with van der Waals surface area (Å²) >= 11 is 0. The van der Waals surface area contributed by atoms with Crippen LogP contribution in [0, 0.1) is 17.8 Å². The van der Waals surface area contributed by atoms with Gasteiger partial charge in [0.1, 0.15) is 11.8 Å². The molecule has 1 amide bonds. The smallest absolute Gasteiger partial charge is 0.332 e. The molecule has 0 aromatic rings. The fraction of sp³-hybridized carbons (Fsp3) is 0.667. The Morgan fingerprint density at radius 3 is 2.71 bits per heavy atom. The Bertz CT molecular complexity index is 463. The van der Waals surface area contributed by atoms with E-state index in [1.54, 1.807) is 13.0 Å². The average Bonchev–Trinajstić information content (AvgIpc) is 3.04. The van der Waals surface area contributed by atoms with Crippen LogP contribution in [0.3, 0.4) is 0 Å². The minimum Gasteiger partial charge on any atom is -0.464 e. The topological polar surface area (TPSA) is 92.7 Å². The standard InChI is InChI=1S/C15H21NO5/c1-3-10-7-15(10,14(20)21-4-2)16-13(19)12-6-11(18)5-9(12)8-17/h3,8-12,18H,1,4-7H2,2H3,(H,16,19)/t9?,10-,11?,12?,15-/m1/s1. The molecule has 2 rings (SSSR count). The van der Waals surface area contributed by atoms with Gasteiger partial charge < -0.3 is 20.0 Å². The predicted molar refractivity (Wildman–Crippen MR) is 74.1 cm³/mol. The summed E-state index contributed by atoms with van der Waals surface area (Å²) in [5, 5.41) is 12.3. The van der Waals surface area contributed by atoms with Crippen molar-refractivity contribution in [3.8, 4) is 0 Å². The van der Waals surface area contributed by atoms with E-state index in [0.29, 0.717) is 19.1 Å². The van der Waals surface area contributed by atoms with E-state index in [0.717, 1.165) is 0 Å². The second kappa shape index (κ2) is 5.97. The van der Waals surface area contributed by atoms with Crippen LogP contribution in [0.5, 0.6) is 0 Å². The fourth-order valence-electron chi connectivity index (χ4n) is 3.07. The highest BCUT2D eigenvalue weighted by atomic mass is 16.5. The molecule has 2 fully saturated rings. The van der Waals surface area contributed by atoms with E-state index in [-0.39, 0.29) is 24.9 Å². The number of carbonyl (C=O) groups excluding carboxylic acids is 3. The van der Waals surface area contributed by atoms with Gasteiger partial charge in [-0.15, -0.1) is 6.58 Å². The van der Waals surface area contributed by atoms with Crippen molar-refractivity contribution in [3.05, 3.63) is 12.7 Å². The van der Waals surface area contributed by atoms with Crippen LogP contribution in [0.2, 0.25) is 0 Å². The molecule has 5 atom stereocenters. The van der Waals surface area contributed by atoms with Gasteiger partial charge in [0, 0.05) is 17.8 Å². The number of aliphatic hydroxyl groups excluding tert-OH is 1. The molecule has 0 saturated heterocycles. The van der Waals surface area contributed by atoms with Gasteiger partial charge in [0.15, 0.2) is 0 Å². The maximum absolute atomic E-state index is 12.4. The summed E-state index contributed by atoms with van der Waals surface area (Å²) in [5.74, 6) is -2.08. The Morgan fingerprint density at radius 1 is 1.48 bits per heavy atom. The molecule has 2 aliphatic rings. The highest BCUT2D eigenvalue weighted by Crippen LogP contribution is 2.46. The first kappa shape index (κ1) is 15.7. The largest absolute Gasteiger partial charge is 0.464 e. The molecule has 0 radical (unpaired) electrons. The Morgan fingerprint density at radius 2 is 2.19 bits per heavy atom. The number of esters is 1. The average molecular weight is 295 g/mol. The van der Waals surface area contributed by atoms with Crippen LogP contribution in [0.4, 0.5) is 0 Å². The van der Waals surface area contributed by atoms with Gasteiger partial charge in [-0.3, -0.25) is 4.79 Å². The first-order chi connectivity index (χ1) is 9.98. The minimum atomic E-state index is -1.05. The van der Waals surface area contributed by atoms with Crippen molar-refractivity contribution in [2.24, 2.45) is 17.8 Å². The highest BCUT2D eigenvalue weighted by molar-refractivity contribution is 5.93. The van der Waals surface area contributed by atoms with Crippen molar-refractivity contribution in [2.45, 2.75) is 37.8 Å². The van der Waals surface area contributed by atoms with Crippen molar-refractivity contribution < 1.29 is 24.2 Å². The van der Waals surface area contributed by atoms with Crippen molar-refractivity contribution in [3.63, 3.8) is 0 Å². The highest BCUT2D eigenvalue weighted by Gasteiger charge is 2.61. The van der Waals surface area contributed by atoms with Crippen LogP contribution < -0.4 is 5.32 Å². The van der Waals surface area contributed by atoms with Gasteiger partial charge in [-0.2, -0.15) is 0 Å². The Kier molecular flexibility index (Phi) is 4.46. The monoisotopic (exact) mass is 295 g/mol. The Hall–Kier alpha value is -1.69. The minimum absolute atomic E-state index is 0.151. The zero-order valence-electron chi connectivity index (χ0n) is 12.1. The Balaban J connectivity index is 2.08. The van der Waals surface area contributed by atoms with Crippen LogP contribution in [0.15, 0.2) is 12.7 Å². The number of aliphatic hydroxyl groups is 1. The van der Waals surface area contributed by atoms with Crippen molar-refractivity contribution >= 4 is 18.2 Å². The van der Waals surface area contributed by atoms with Crippen molar-refractivity contribution in [1.29, 1.82) is 0 Å². The normalized spacial score (nSPS) is 37.6. The summed E-state index contributed by atoms with van der Waals surface area (Å²) in [4.78, 5) is 35.4. The van der Waals surface area contributed by atoms with Crippen molar-refractivity contribution in [2.75, 3.05) is 6.61 Å². The maximum Gasteiger partial charge on any atom is 0.332 e. The molecule has 0 bridgehead atoms. The molecule has 0 aromatic carbocycles. The van der Waals surface area contributed by atoms with E-state index in [2.05, 4.69) is 11.9 Å². The molecule has 2 N–H and O–H groups in total. The molecule has 0 heterocycles. The third kappa shape index (κ3) is 2.85. The lowest BCUT2D eigenvalue weighted by Crippen LogP contribution is -2.48. The second-order valence-corrected chi connectivity index (χ2v) is 5.76. The number of nitrogens with one attached hydrogen (secondary N) is 1. The quantitative estimate of drug-likeness (QED) is 0.415. The molecule has 116 valence electrons. The molecule has 6 heteroatoms. The van der Waals surface area contributed by atoms with Crippen LogP contribution in [-0.2, 0) is 19.1 Å². The lowest BCUT2D eigenvalue weighted by atomic mass is 9.96. The van der Waals surface area contributed by atoms with E-state index in [9.17, 15) is 19.5 Å². The molecule has 3 unspecified atom stereocenters. The summed E-state index contributed by atoms with van der Waals surface area (Å²) in [6.45, 7) is 5.59. The molecular weight excluding hydrogens is 274 g/mol. The fourth-order valence-corrected chi connectivity index (χ4v) is 3.07. The van der Waals surface area contributed by atoms with Crippen molar-refractivity contribution in [1.82, 2.24) is 5.32 Å². The van der Waals surface area contributed by atoms with Crippen LogP contribution in [-0.4, -0.2) is 41.5 Å². The number of aldehydes is 1. The number of rotatable bonds is 6. The third-order valence-corrected chi connectivity index (χ3v) is 4.38. The van der Waals surface area contributed by atoms with Gasteiger partial charge in [0.25, 0.3) is 0 Å². The number of ether oxygens (including phenoxy) is 1. The molecule has 0 spiro atoms. The van der Waals surface area contributed by atoms with Gasteiger partial charge in [-0.05, 0) is 26.2 Å². The first-order valence-electron chi connectivity index (χ1n) is 7.23. The van der Waals surface area contributed by atoms with E-state index in [1.807, 2.05) is 0 Å². The molecule has 0 aromatic heterocycles. The molecule has 2 saturated carbocycles. The molecular formula is C15H21NO5. The summed E-state index contributed by atoms with van der Waals surface area (Å²) in [6, 6.07) is 0. The zero-order valence-corrected chi connectivity index (χ0v) is 12.1. The molecule has 21 heavy (non-hydrogen) atoms. The lowest BCUT2D eigenvalue weighted by molar-refractivity contribution is -0.149. The summed E-state index contributed by atoms with van der Waals surface area (Å²) < 4.78 is 5.02. The van der Waals surface area contributed by atoms with Gasteiger partial charge in [-0.1, -0.05) is 6.08 Å². The van der Waals surface area contributed by atoms with E-state index in [4.69, 9.17) is 4.74 Å². The number of hydrogen-bond donors (Lipinski definition) is 2. The predicted octanol–water partition coefficient (Wildman–Crippen LogP) is 0.196. The second-order valence-electron chi connectivity index (χ2n) is 5.76. The lowest BCUT2D eigenvalue weighted by Gasteiger charge is -2.21. The summed E-state index contributed by atoms with van der Waals surface area (Å²) in [7, 11) is 0. The van der Waals surface area contributed by atoms with Crippen LogP contribution >= 0.6 is 0 Å². The number of hydrogen-bond acceptors (Lipinski definition) is 5. The summed E-state index contributed by atoms with van der Waals surface area (Å²) in [6.07, 6.45) is 2.67. The third-order valence-electron chi connectivity index (χ3n) is 4.38. The molecule has 2 aliphatic carbocycles.